The van der Waals surface area contributed by atoms with Crippen LogP contribution in [0.4, 0.5) is 13.6 Å². The first kappa shape index (κ1) is 17.9. The number of rotatable bonds is 6. The molecule has 4 nitrogen and oxygen atoms in total. The second-order valence-electron chi connectivity index (χ2n) is 5.44. The molecule has 2 aromatic rings. The molecule has 1 unspecified atom stereocenters. The molecule has 0 fully saturated rings. The van der Waals surface area contributed by atoms with Crippen molar-refractivity contribution in [1.82, 2.24) is 10.2 Å². The van der Waals surface area contributed by atoms with E-state index >= 15 is 0 Å². The minimum Gasteiger partial charge on any atom is -0.395 e. The molecule has 2 rings (SSSR count). The maximum Gasteiger partial charge on any atom is 0.318 e. The van der Waals surface area contributed by atoms with Gasteiger partial charge in [0.1, 0.15) is 0 Å². The van der Waals surface area contributed by atoms with Gasteiger partial charge in [0.25, 0.3) is 0 Å². The lowest BCUT2D eigenvalue weighted by Gasteiger charge is -2.25. The zero-order valence-corrected chi connectivity index (χ0v) is 13.4. The number of carbonyl (C=O) groups excluding carboxylic acids is 1. The van der Waals surface area contributed by atoms with Gasteiger partial charge in [-0.1, -0.05) is 42.5 Å². The molecular weight excluding hydrogens is 314 g/mol. The van der Waals surface area contributed by atoms with E-state index in [1.807, 2.05) is 30.3 Å². The topological polar surface area (TPSA) is 52.6 Å². The molecule has 0 bridgehead atoms. The summed E-state index contributed by atoms with van der Waals surface area (Å²) in [5.74, 6) is -1.92. The Morgan fingerprint density at radius 2 is 1.88 bits per heavy atom. The molecule has 2 aromatic carbocycles. The van der Waals surface area contributed by atoms with Crippen molar-refractivity contribution in [3.8, 4) is 0 Å². The highest BCUT2D eigenvalue weighted by Gasteiger charge is 2.19. The highest BCUT2D eigenvalue weighted by atomic mass is 19.2. The molecular formula is C18H20F2N2O2. The monoisotopic (exact) mass is 334 g/mol. The van der Waals surface area contributed by atoms with Gasteiger partial charge in [0.2, 0.25) is 0 Å². The Morgan fingerprint density at radius 3 is 2.54 bits per heavy atom. The molecule has 1 atom stereocenters. The van der Waals surface area contributed by atoms with Crippen LogP contribution in [-0.4, -0.2) is 29.2 Å². The Bertz CT molecular complexity index is 680. The molecule has 0 aliphatic carbocycles. The van der Waals surface area contributed by atoms with Gasteiger partial charge in [0, 0.05) is 18.7 Å². The Kier molecular flexibility index (Phi) is 6.26. The third-order valence-electron chi connectivity index (χ3n) is 3.66. The Hall–Kier alpha value is -2.47. The molecule has 0 heterocycles. The van der Waals surface area contributed by atoms with Crippen molar-refractivity contribution in [2.24, 2.45) is 0 Å². The van der Waals surface area contributed by atoms with Crippen molar-refractivity contribution in [2.75, 3.05) is 13.2 Å². The van der Waals surface area contributed by atoms with Gasteiger partial charge in [-0.2, -0.15) is 0 Å². The Labute approximate surface area is 139 Å². The SMILES string of the molecule is CC(NC(=O)N(CCO)Cc1ccccc1)c1cccc(F)c1F. The summed E-state index contributed by atoms with van der Waals surface area (Å²) in [5.41, 5.74) is 0.984. The summed E-state index contributed by atoms with van der Waals surface area (Å²) in [4.78, 5) is 13.8. The summed E-state index contributed by atoms with van der Waals surface area (Å²) >= 11 is 0. The second kappa shape index (κ2) is 8.40. The smallest absolute Gasteiger partial charge is 0.318 e. The van der Waals surface area contributed by atoms with E-state index in [9.17, 15) is 13.6 Å². The highest BCUT2D eigenvalue weighted by molar-refractivity contribution is 5.74. The molecule has 0 spiro atoms. The predicted molar refractivity (Wildman–Crippen MR) is 87.2 cm³/mol. The summed E-state index contributed by atoms with van der Waals surface area (Å²) in [6, 6.07) is 12.0. The van der Waals surface area contributed by atoms with Crippen molar-refractivity contribution in [3.05, 3.63) is 71.3 Å². The van der Waals surface area contributed by atoms with Crippen LogP contribution in [0.5, 0.6) is 0 Å². The molecule has 128 valence electrons. The molecule has 0 radical (unpaired) electrons. The van der Waals surface area contributed by atoms with E-state index in [2.05, 4.69) is 5.32 Å². The number of nitrogens with one attached hydrogen (secondary N) is 1. The molecule has 0 saturated carbocycles. The van der Waals surface area contributed by atoms with Crippen LogP contribution in [0.1, 0.15) is 24.1 Å². The van der Waals surface area contributed by atoms with Gasteiger partial charge in [0.05, 0.1) is 12.6 Å². The number of urea groups is 1. The second-order valence-corrected chi connectivity index (χ2v) is 5.44. The standard InChI is InChI=1S/C18H20F2N2O2/c1-13(15-8-5-9-16(19)17(15)20)21-18(24)22(10-11-23)12-14-6-3-2-4-7-14/h2-9,13,23H,10-12H2,1H3,(H,21,24). The first-order chi connectivity index (χ1) is 11.5. The van der Waals surface area contributed by atoms with Gasteiger partial charge in [-0.15, -0.1) is 0 Å². The van der Waals surface area contributed by atoms with Gasteiger partial charge in [-0.25, -0.2) is 13.6 Å². The number of nitrogens with zero attached hydrogens (tertiary/aromatic N) is 1. The number of aliphatic hydroxyl groups excluding tert-OH is 1. The van der Waals surface area contributed by atoms with Crippen molar-refractivity contribution in [3.63, 3.8) is 0 Å². The molecule has 0 aliphatic heterocycles. The average Bonchev–Trinajstić information content (AvgIpc) is 2.57. The maximum atomic E-state index is 13.8. The Morgan fingerprint density at radius 1 is 1.17 bits per heavy atom. The number of benzene rings is 2. The maximum absolute atomic E-state index is 13.8. The van der Waals surface area contributed by atoms with Gasteiger partial charge >= 0.3 is 6.03 Å². The fourth-order valence-corrected chi connectivity index (χ4v) is 2.39. The third-order valence-corrected chi connectivity index (χ3v) is 3.66. The van der Waals surface area contributed by atoms with Crippen LogP contribution in [0.2, 0.25) is 0 Å². The van der Waals surface area contributed by atoms with Crippen LogP contribution in [0.15, 0.2) is 48.5 Å². The first-order valence-electron chi connectivity index (χ1n) is 7.67. The largest absolute Gasteiger partial charge is 0.395 e. The van der Waals surface area contributed by atoms with E-state index in [0.717, 1.165) is 11.6 Å². The van der Waals surface area contributed by atoms with Gasteiger partial charge in [-0.3, -0.25) is 0 Å². The minimum absolute atomic E-state index is 0.0759. The minimum atomic E-state index is -0.970. The zero-order chi connectivity index (χ0) is 17.5. The lowest BCUT2D eigenvalue weighted by Crippen LogP contribution is -2.42. The zero-order valence-electron chi connectivity index (χ0n) is 13.4. The molecule has 0 aromatic heterocycles. The summed E-state index contributed by atoms with van der Waals surface area (Å²) in [7, 11) is 0. The molecule has 0 saturated heterocycles. The van der Waals surface area contributed by atoms with E-state index < -0.39 is 23.7 Å². The van der Waals surface area contributed by atoms with Gasteiger partial charge in [-0.05, 0) is 18.6 Å². The van der Waals surface area contributed by atoms with Crippen LogP contribution in [0, 0.1) is 11.6 Å². The summed E-state index contributed by atoms with van der Waals surface area (Å²) in [6.07, 6.45) is 0. The van der Waals surface area contributed by atoms with Crippen molar-refractivity contribution < 1.29 is 18.7 Å². The third kappa shape index (κ3) is 4.52. The number of halogens is 2. The fraction of sp³-hybridized carbons (Fsp3) is 0.278. The Balaban J connectivity index is 2.08. The van der Waals surface area contributed by atoms with E-state index in [-0.39, 0.29) is 18.7 Å². The molecule has 0 aliphatic rings. The fourth-order valence-electron chi connectivity index (χ4n) is 2.39. The number of hydrogen-bond acceptors (Lipinski definition) is 2. The number of hydrogen-bond donors (Lipinski definition) is 2. The van der Waals surface area contributed by atoms with Crippen molar-refractivity contribution >= 4 is 6.03 Å². The van der Waals surface area contributed by atoms with Crippen LogP contribution < -0.4 is 5.32 Å². The van der Waals surface area contributed by atoms with Gasteiger partial charge < -0.3 is 15.3 Å². The summed E-state index contributed by atoms with van der Waals surface area (Å²) < 4.78 is 27.1. The number of aliphatic hydroxyl groups is 1. The molecule has 24 heavy (non-hydrogen) atoms. The normalized spacial score (nSPS) is 11.8. The molecule has 2 N–H and O–H groups in total. The van der Waals surface area contributed by atoms with Crippen LogP contribution in [0.25, 0.3) is 0 Å². The molecule has 2 amide bonds. The molecule has 6 heteroatoms. The number of carbonyl (C=O) groups is 1. The highest BCUT2D eigenvalue weighted by Crippen LogP contribution is 2.19. The van der Waals surface area contributed by atoms with E-state index in [1.54, 1.807) is 6.92 Å². The quantitative estimate of drug-likeness (QED) is 0.852. The van der Waals surface area contributed by atoms with E-state index in [4.69, 9.17) is 5.11 Å². The lowest BCUT2D eigenvalue weighted by molar-refractivity contribution is 0.171. The lowest BCUT2D eigenvalue weighted by atomic mass is 10.1. The average molecular weight is 334 g/mol. The van der Waals surface area contributed by atoms with Gasteiger partial charge in [0.15, 0.2) is 11.6 Å². The van der Waals surface area contributed by atoms with Crippen LogP contribution >= 0.6 is 0 Å². The van der Waals surface area contributed by atoms with Crippen LogP contribution in [-0.2, 0) is 6.54 Å². The first-order valence-corrected chi connectivity index (χ1v) is 7.67. The van der Waals surface area contributed by atoms with Crippen LogP contribution in [0.3, 0.4) is 0 Å². The van der Waals surface area contributed by atoms with Crippen molar-refractivity contribution in [1.29, 1.82) is 0 Å². The summed E-state index contributed by atoms with van der Waals surface area (Å²) in [5, 5.41) is 11.8. The predicted octanol–water partition coefficient (Wildman–Crippen LogP) is 3.23. The summed E-state index contributed by atoms with van der Waals surface area (Å²) in [6.45, 7) is 1.84. The number of amides is 2. The van der Waals surface area contributed by atoms with E-state index in [1.165, 1.54) is 17.0 Å². The van der Waals surface area contributed by atoms with E-state index in [0.29, 0.717) is 6.54 Å². The van der Waals surface area contributed by atoms with Crippen molar-refractivity contribution in [2.45, 2.75) is 19.5 Å².